The normalized spacial score (nSPS) is 10.9. The Labute approximate surface area is 138 Å². The van der Waals surface area contributed by atoms with E-state index in [1.165, 1.54) is 0 Å². The number of pyridine rings is 1. The van der Waals surface area contributed by atoms with Gasteiger partial charge in [-0.3, -0.25) is 4.98 Å². The second-order valence-electron chi connectivity index (χ2n) is 5.49. The predicted octanol–water partition coefficient (Wildman–Crippen LogP) is 3.55. The second-order valence-corrected chi connectivity index (χ2v) is 5.49. The molecule has 0 unspecified atom stereocenters. The van der Waals surface area contributed by atoms with Gasteiger partial charge in [-0.15, -0.1) is 5.10 Å². The highest BCUT2D eigenvalue weighted by Gasteiger charge is 2.08. The molecule has 3 aromatic heterocycles. The van der Waals surface area contributed by atoms with Crippen LogP contribution in [-0.4, -0.2) is 24.7 Å². The van der Waals surface area contributed by atoms with E-state index in [0.717, 1.165) is 28.2 Å². The van der Waals surface area contributed by atoms with Gasteiger partial charge in [0.2, 0.25) is 0 Å². The maximum absolute atomic E-state index is 9.52. The number of aromatic nitrogens is 4. The topological polar surface area (TPSA) is 75.3 Å². The van der Waals surface area contributed by atoms with E-state index in [0.29, 0.717) is 5.82 Å². The second kappa shape index (κ2) is 5.66. The zero-order chi connectivity index (χ0) is 16.5. The Balaban J connectivity index is 1.75. The van der Waals surface area contributed by atoms with E-state index in [9.17, 15) is 5.11 Å². The molecule has 0 fully saturated rings. The van der Waals surface area contributed by atoms with Gasteiger partial charge in [-0.25, -0.2) is 9.50 Å². The van der Waals surface area contributed by atoms with E-state index in [-0.39, 0.29) is 5.75 Å². The molecule has 2 N–H and O–H groups in total. The van der Waals surface area contributed by atoms with Crippen molar-refractivity contribution in [2.45, 2.75) is 6.92 Å². The molecule has 0 amide bonds. The standard InChI is InChI=1S/C18H15N5O/c1-12-10-14(24)2-3-15(12)21-17-4-5-18-20-11-16(23(18)22-17)13-6-8-19-9-7-13/h2-11,24H,1H3,(H,21,22). The molecule has 1 aromatic carbocycles. The van der Waals surface area contributed by atoms with Crippen molar-refractivity contribution in [1.82, 2.24) is 19.6 Å². The molecule has 0 bridgehead atoms. The van der Waals surface area contributed by atoms with Gasteiger partial charge in [-0.05, 0) is 55.0 Å². The zero-order valence-electron chi connectivity index (χ0n) is 13.0. The number of aryl methyl sites for hydroxylation is 1. The number of fused-ring (bicyclic) bond motifs is 1. The average molecular weight is 317 g/mol. The number of imidazole rings is 1. The van der Waals surface area contributed by atoms with Crippen LogP contribution in [0.25, 0.3) is 16.9 Å². The van der Waals surface area contributed by atoms with E-state index >= 15 is 0 Å². The molecule has 4 aromatic rings. The van der Waals surface area contributed by atoms with Crippen LogP contribution in [0.4, 0.5) is 11.5 Å². The lowest BCUT2D eigenvalue weighted by atomic mass is 10.2. The van der Waals surface area contributed by atoms with Gasteiger partial charge < -0.3 is 10.4 Å². The van der Waals surface area contributed by atoms with Gasteiger partial charge in [0, 0.05) is 23.6 Å². The van der Waals surface area contributed by atoms with E-state index in [2.05, 4.69) is 20.4 Å². The summed E-state index contributed by atoms with van der Waals surface area (Å²) in [4.78, 5) is 8.43. The van der Waals surface area contributed by atoms with Crippen LogP contribution in [-0.2, 0) is 0 Å². The van der Waals surface area contributed by atoms with Crippen LogP contribution in [0.3, 0.4) is 0 Å². The lowest BCUT2D eigenvalue weighted by molar-refractivity contribution is 0.475. The van der Waals surface area contributed by atoms with Crippen LogP contribution >= 0.6 is 0 Å². The highest BCUT2D eigenvalue weighted by atomic mass is 16.3. The molecule has 24 heavy (non-hydrogen) atoms. The maximum atomic E-state index is 9.52. The smallest absolute Gasteiger partial charge is 0.154 e. The molecule has 0 saturated heterocycles. The molecule has 0 aliphatic rings. The van der Waals surface area contributed by atoms with Gasteiger partial charge in [0.05, 0.1) is 11.9 Å². The van der Waals surface area contributed by atoms with Crippen molar-refractivity contribution in [1.29, 1.82) is 0 Å². The van der Waals surface area contributed by atoms with Crippen LogP contribution in [0.2, 0.25) is 0 Å². The van der Waals surface area contributed by atoms with E-state index in [1.807, 2.05) is 37.3 Å². The first-order valence-corrected chi connectivity index (χ1v) is 7.52. The lowest BCUT2D eigenvalue weighted by Crippen LogP contribution is -2.01. The van der Waals surface area contributed by atoms with Crippen molar-refractivity contribution in [3.63, 3.8) is 0 Å². The third-order valence-corrected chi connectivity index (χ3v) is 3.81. The molecule has 4 rings (SSSR count). The summed E-state index contributed by atoms with van der Waals surface area (Å²) < 4.78 is 1.80. The fourth-order valence-corrected chi connectivity index (χ4v) is 2.59. The van der Waals surface area contributed by atoms with Crippen LogP contribution in [0.15, 0.2) is 61.1 Å². The molecule has 0 spiro atoms. The van der Waals surface area contributed by atoms with Crippen molar-refractivity contribution in [3.8, 4) is 17.0 Å². The van der Waals surface area contributed by atoms with Crippen LogP contribution in [0.5, 0.6) is 5.75 Å². The minimum Gasteiger partial charge on any atom is -0.508 e. The van der Waals surface area contributed by atoms with Gasteiger partial charge in [-0.2, -0.15) is 0 Å². The molecule has 3 heterocycles. The fraction of sp³-hybridized carbons (Fsp3) is 0.0556. The van der Waals surface area contributed by atoms with Gasteiger partial charge in [0.25, 0.3) is 0 Å². The SMILES string of the molecule is Cc1cc(O)ccc1Nc1ccc2ncc(-c3ccncc3)n2n1. The summed E-state index contributed by atoms with van der Waals surface area (Å²) in [7, 11) is 0. The molecule has 0 aliphatic carbocycles. The Morgan fingerprint density at radius 2 is 1.88 bits per heavy atom. The van der Waals surface area contributed by atoms with E-state index in [4.69, 9.17) is 0 Å². The molecule has 6 nitrogen and oxygen atoms in total. The highest BCUT2D eigenvalue weighted by Crippen LogP contribution is 2.24. The Kier molecular flexibility index (Phi) is 3.35. The number of anilines is 2. The van der Waals surface area contributed by atoms with E-state index < -0.39 is 0 Å². The summed E-state index contributed by atoms with van der Waals surface area (Å²) in [6.45, 7) is 1.93. The monoisotopic (exact) mass is 317 g/mol. The number of nitrogens with zero attached hydrogens (tertiary/aromatic N) is 4. The summed E-state index contributed by atoms with van der Waals surface area (Å²) in [5, 5.41) is 17.4. The minimum atomic E-state index is 0.246. The third-order valence-electron chi connectivity index (χ3n) is 3.81. The number of hydrogen-bond acceptors (Lipinski definition) is 5. The number of hydrogen-bond donors (Lipinski definition) is 2. The first-order chi connectivity index (χ1) is 11.7. The van der Waals surface area contributed by atoms with Crippen LogP contribution in [0.1, 0.15) is 5.56 Å². The van der Waals surface area contributed by atoms with Crippen LogP contribution in [0, 0.1) is 6.92 Å². The van der Waals surface area contributed by atoms with Gasteiger partial charge in [0.1, 0.15) is 5.75 Å². The minimum absolute atomic E-state index is 0.246. The zero-order valence-corrected chi connectivity index (χ0v) is 13.0. The Morgan fingerprint density at radius 3 is 2.67 bits per heavy atom. The number of benzene rings is 1. The summed E-state index contributed by atoms with van der Waals surface area (Å²) in [5.41, 5.74) is 4.51. The first-order valence-electron chi connectivity index (χ1n) is 7.52. The molecule has 0 saturated carbocycles. The molecule has 0 radical (unpaired) electrons. The number of aromatic hydroxyl groups is 1. The Hall–Kier alpha value is -3.41. The number of phenolic OH excluding ortho intramolecular Hbond substituents is 1. The molecule has 6 heteroatoms. The summed E-state index contributed by atoms with van der Waals surface area (Å²) >= 11 is 0. The summed E-state index contributed by atoms with van der Waals surface area (Å²) in [6.07, 6.45) is 5.29. The summed E-state index contributed by atoms with van der Waals surface area (Å²) in [5.74, 6) is 0.945. The Bertz CT molecular complexity index is 1010. The van der Waals surface area contributed by atoms with E-state index in [1.54, 1.807) is 35.2 Å². The highest BCUT2D eigenvalue weighted by molar-refractivity contribution is 5.65. The molecular weight excluding hydrogens is 302 g/mol. The van der Waals surface area contributed by atoms with Crippen molar-refractivity contribution in [2.24, 2.45) is 0 Å². The number of nitrogens with one attached hydrogen (secondary N) is 1. The maximum Gasteiger partial charge on any atom is 0.154 e. The van der Waals surface area contributed by atoms with Crippen molar-refractivity contribution >= 4 is 17.2 Å². The van der Waals surface area contributed by atoms with Crippen molar-refractivity contribution in [3.05, 3.63) is 66.6 Å². The van der Waals surface area contributed by atoms with Crippen LogP contribution < -0.4 is 5.32 Å². The van der Waals surface area contributed by atoms with Gasteiger partial charge in [0.15, 0.2) is 11.5 Å². The third kappa shape index (κ3) is 2.54. The lowest BCUT2D eigenvalue weighted by Gasteiger charge is -2.10. The molecule has 118 valence electrons. The summed E-state index contributed by atoms with van der Waals surface area (Å²) in [6, 6.07) is 12.8. The quantitative estimate of drug-likeness (QED) is 0.565. The molecular formula is C18H15N5O. The van der Waals surface area contributed by atoms with Gasteiger partial charge in [-0.1, -0.05) is 0 Å². The fourth-order valence-electron chi connectivity index (χ4n) is 2.59. The largest absolute Gasteiger partial charge is 0.508 e. The predicted molar refractivity (Wildman–Crippen MR) is 92.3 cm³/mol. The first kappa shape index (κ1) is 14.2. The molecule has 0 aliphatic heterocycles. The van der Waals surface area contributed by atoms with Gasteiger partial charge >= 0.3 is 0 Å². The van der Waals surface area contributed by atoms with Crippen molar-refractivity contribution in [2.75, 3.05) is 5.32 Å². The van der Waals surface area contributed by atoms with Crippen molar-refractivity contribution < 1.29 is 5.11 Å². The molecule has 0 atom stereocenters. The number of phenols is 1. The number of rotatable bonds is 3. The average Bonchev–Trinajstić information content (AvgIpc) is 3.01. The Morgan fingerprint density at radius 1 is 1.04 bits per heavy atom.